The molecule has 1 heterocycles. The molecular weight excluding hydrogens is 319 g/mol. The van der Waals surface area contributed by atoms with Crippen molar-refractivity contribution < 1.29 is 8.81 Å². The quantitative estimate of drug-likeness (QED) is 0.607. The van der Waals surface area contributed by atoms with Gasteiger partial charge in [-0.05, 0) is 35.4 Å². The zero-order valence-electron chi connectivity index (χ0n) is 11.6. The Morgan fingerprint density at radius 1 is 0.909 bits per heavy atom. The molecule has 0 aliphatic carbocycles. The molecule has 0 atom stereocenters. The van der Waals surface area contributed by atoms with Gasteiger partial charge in [0.05, 0.1) is 0 Å². The van der Waals surface area contributed by atoms with Crippen molar-refractivity contribution in [3.63, 3.8) is 0 Å². The second-order valence-corrected chi connectivity index (χ2v) is 6.48. The molecule has 0 saturated heterocycles. The minimum absolute atomic E-state index is 0.208. The summed E-state index contributed by atoms with van der Waals surface area (Å²) in [6.07, 6.45) is 1.33. The van der Waals surface area contributed by atoms with E-state index in [1.54, 1.807) is 23.9 Å². The predicted octanol–water partition coefficient (Wildman–Crippen LogP) is 4.79. The van der Waals surface area contributed by atoms with Crippen molar-refractivity contribution in [2.24, 2.45) is 0 Å². The minimum Gasteiger partial charge on any atom is -0.419 e. The van der Waals surface area contributed by atoms with E-state index in [4.69, 9.17) is 4.42 Å². The van der Waals surface area contributed by atoms with E-state index in [9.17, 15) is 4.39 Å². The van der Waals surface area contributed by atoms with Crippen LogP contribution in [-0.2, 0) is 11.5 Å². The lowest BCUT2D eigenvalue weighted by molar-refractivity contribution is 0.453. The lowest BCUT2D eigenvalue weighted by Crippen LogP contribution is -1.90. The summed E-state index contributed by atoms with van der Waals surface area (Å²) in [4.78, 5) is 1.06. The molecule has 6 heteroatoms. The van der Waals surface area contributed by atoms with Crippen molar-refractivity contribution in [3.05, 3.63) is 71.9 Å². The Balaban J connectivity index is 1.64. The number of hydrogen-bond acceptors (Lipinski definition) is 5. The normalized spacial score (nSPS) is 10.8. The average molecular weight is 332 g/mol. The van der Waals surface area contributed by atoms with Crippen LogP contribution in [0.3, 0.4) is 0 Å². The summed E-state index contributed by atoms with van der Waals surface area (Å²) < 4.78 is 18.1. The topological polar surface area (TPSA) is 38.9 Å². The van der Waals surface area contributed by atoms with Crippen molar-refractivity contribution in [1.82, 2.24) is 10.2 Å². The first-order valence-corrected chi connectivity index (χ1v) is 8.62. The summed E-state index contributed by atoms with van der Waals surface area (Å²) in [7, 11) is 0. The molecule has 0 fully saturated rings. The van der Waals surface area contributed by atoms with E-state index in [0.717, 1.165) is 16.4 Å². The third-order valence-corrected chi connectivity index (χ3v) is 4.96. The van der Waals surface area contributed by atoms with Crippen LogP contribution < -0.4 is 0 Å². The molecule has 0 radical (unpaired) electrons. The van der Waals surface area contributed by atoms with Crippen LogP contribution in [0, 0.1) is 5.82 Å². The molecule has 3 aromatic rings. The molecule has 0 N–H and O–H groups in total. The highest BCUT2D eigenvalue weighted by atomic mass is 32.2. The Morgan fingerprint density at radius 2 is 1.59 bits per heavy atom. The smallest absolute Gasteiger partial charge is 0.276 e. The van der Waals surface area contributed by atoms with Crippen molar-refractivity contribution in [3.8, 4) is 0 Å². The Hall–Kier alpha value is -1.79. The molecule has 3 rings (SSSR count). The van der Waals surface area contributed by atoms with Crippen LogP contribution in [0.15, 0.2) is 69.5 Å². The molecule has 1 aromatic heterocycles. The van der Waals surface area contributed by atoms with Gasteiger partial charge in [-0.25, -0.2) is 4.39 Å². The van der Waals surface area contributed by atoms with E-state index in [2.05, 4.69) is 22.3 Å². The van der Waals surface area contributed by atoms with Gasteiger partial charge in [0.15, 0.2) is 0 Å². The Morgan fingerprint density at radius 3 is 2.23 bits per heavy atom. The van der Waals surface area contributed by atoms with E-state index < -0.39 is 0 Å². The van der Waals surface area contributed by atoms with E-state index in [1.807, 2.05) is 12.1 Å². The van der Waals surface area contributed by atoms with E-state index >= 15 is 0 Å². The van der Waals surface area contributed by atoms with Crippen molar-refractivity contribution in [2.75, 3.05) is 0 Å². The number of rotatable bonds is 6. The SMILES string of the molecule is Fc1ccc(SCc2ccccc2CSc2nnco2)cc1. The van der Waals surface area contributed by atoms with Crippen molar-refractivity contribution in [1.29, 1.82) is 0 Å². The molecular formula is C16H13FN2OS2. The Bertz CT molecular complexity index is 717. The van der Waals surface area contributed by atoms with Gasteiger partial charge in [0.2, 0.25) is 6.39 Å². The lowest BCUT2D eigenvalue weighted by atomic mass is 10.1. The molecule has 0 bridgehead atoms. The van der Waals surface area contributed by atoms with Gasteiger partial charge in [-0.1, -0.05) is 36.0 Å². The van der Waals surface area contributed by atoms with Crippen LogP contribution in [0.5, 0.6) is 0 Å². The van der Waals surface area contributed by atoms with Gasteiger partial charge in [0.25, 0.3) is 5.22 Å². The van der Waals surface area contributed by atoms with Gasteiger partial charge in [0, 0.05) is 16.4 Å². The van der Waals surface area contributed by atoms with Gasteiger partial charge >= 0.3 is 0 Å². The largest absolute Gasteiger partial charge is 0.419 e. The van der Waals surface area contributed by atoms with Gasteiger partial charge in [0.1, 0.15) is 5.82 Å². The maximum atomic E-state index is 12.9. The molecule has 0 spiro atoms. The van der Waals surface area contributed by atoms with Gasteiger partial charge in [-0.3, -0.25) is 0 Å². The van der Waals surface area contributed by atoms with Gasteiger partial charge < -0.3 is 4.42 Å². The minimum atomic E-state index is -0.208. The third kappa shape index (κ3) is 4.11. The zero-order valence-corrected chi connectivity index (χ0v) is 13.2. The standard InChI is InChI=1S/C16H13FN2OS2/c17-14-5-7-15(8-6-14)21-9-12-3-1-2-4-13(12)10-22-16-19-18-11-20-16/h1-8,11H,9-10H2. The number of hydrogen-bond donors (Lipinski definition) is 0. The predicted molar refractivity (Wildman–Crippen MR) is 86.3 cm³/mol. The van der Waals surface area contributed by atoms with E-state index in [0.29, 0.717) is 5.22 Å². The van der Waals surface area contributed by atoms with Crippen LogP contribution in [0.2, 0.25) is 0 Å². The van der Waals surface area contributed by atoms with Crippen LogP contribution in [0.25, 0.3) is 0 Å². The van der Waals surface area contributed by atoms with Gasteiger partial charge in [-0.2, -0.15) is 0 Å². The van der Waals surface area contributed by atoms with Crippen LogP contribution in [-0.4, -0.2) is 10.2 Å². The molecule has 22 heavy (non-hydrogen) atoms. The fraction of sp³-hybridized carbons (Fsp3) is 0.125. The van der Waals surface area contributed by atoms with Crippen LogP contribution >= 0.6 is 23.5 Å². The highest BCUT2D eigenvalue weighted by Crippen LogP contribution is 2.28. The molecule has 0 saturated carbocycles. The second-order valence-electron chi connectivity index (χ2n) is 4.50. The fourth-order valence-electron chi connectivity index (χ4n) is 1.90. The summed E-state index contributed by atoms with van der Waals surface area (Å²) >= 11 is 3.21. The summed E-state index contributed by atoms with van der Waals surface area (Å²) in [5.41, 5.74) is 2.49. The molecule has 2 aromatic carbocycles. The van der Waals surface area contributed by atoms with E-state index in [-0.39, 0.29) is 5.82 Å². The highest BCUT2D eigenvalue weighted by molar-refractivity contribution is 7.98. The number of benzene rings is 2. The highest BCUT2D eigenvalue weighted by Gasteiger charge is 2.06. The van der Waals surface area contributed by atoms with Crippen molar-refractivity contribution in [2.45, 2.75) is 21.6 Å². The number of halogens is 1. The Kier molecular flexibility index (Phi) is 5.13. The number of nitrogens with zero attached hydrogens (tertiary/aromatic N) is 2. The van der Waals surface area contributed by atoms with Crippen LogP contribution in [0.4, 0.5) is 4.39 Å². The zero-order chi connectivity index (χ0) is 15.2. The fourth-order valence-corrected chi connectivity index (χ4v) is 3.61. The van der Waals surface area contributed by atoms with Gasteiger partial charge in [-0.15, -0.1) is 22.0 Å². The second kappa shape index (κ2) is 7.47. The molecule has 0 aliphatic rings. The first-order valence-electron chi connectivity index (χ1n) is 6.65. The monoisotopic (exact) mass is 332 g/mol. The lowest BCUT2D eigenvalue weighted by Gasteiger charge is -2.08. The first-order chi connectivity index (χ1) is 10.8. The average Bonchev–Trinajstić information content (AvgIpc) is 3.07. The molecule has 3 nitrogen and oxygen atoms in total. The maximum Gasteiger partial charge on any atom is 0.276 e. The Labute approximate surface area is 136 Å². The first kappa shape index (κ1) is 15.1. The third-order valence-electron chi connectivity index (χ3n) is 3.02. The molecule has 0 unspecified atom stereocenters. The van der Waals surface area contributed by atoms with Crippen molar-refractivity contribution >= 4 is 23.5 Å². The van der Waals surface area contributed by atoms with Crippen LogP contribution in [0.1, 0.15) is 11.1 Å². The van der Waals surface area contributed by atoms with E-state index in [1.165, 1.54) is 41.4 Å². The summed E-state index contributed by atoms with van der Waals surface area (Å²) in [6, 6.07) is 14.8. The molecule has 112 valence electrons. The summed E-state index contributed by atoms with van der Waals surface area (Å²) in [5, 5.41) is 8.11. The summed E-state index contributed by atoms with van der Waals surface area (Å²) in [5.74, 6) is 1.41. The number of thioether (sulfide) groups is 2. The molecule has 0 amide bonds. The maximum absolute atomic E-state index is 12.9. The number of aromatic nitrogens is 2. The summed E-state index contributed by atoms with van der Waals surface area (Å²) in [6.45, 7) is 0. The molecule has 0 aliphatic heterocycles.